The SMILES string of the molecule is CCNC(=O)C(C)NC(=O)c1ccc(C)c(C#CCN)c1. The fourth-order valence-corrected chi connectivity index (χ4v) is 1.72. The van der Waals surface area contributed by atoms with E-state index in [0.717, 1.165) is 11.1 Å². The van der Waals surface area contributed by atoms with Gasteiger partial charge in [-0.3, -0.25) is 9.59 Å². The normalized spacial score (nSPS) is 11.0. The Morgan fingerprint density at radius 3 is 2.71 bits per heavy atom. The Bertz CT molecular complexity index is 585. The molecule has 21 heavy (non-hydrogen) atoms. The zero-order valence-corrected chi connectivity index (χ0v) is 12.6. The molecule has 1 unspecified atom stereocenters. The van der Waals surface area contributed by atoms with E-state index in [1.807, 2.05) is 19.9 Å². The van der Waals surface area contributed by atoms with Gasteiger partial charge in [-0.1, -0.05) is 17.9 Å². The van der Waals surface area contributed by atoms with E-state index in [1.54, 1.807) is 19.1 Å². The number of amides is 2. The topological polar surface area (TPSA) is 84.2 Å². The van der Waals surface area contributed by atoms with E-state index in [2.05, 4.69) is 22.5 Å². The van der Waals surface area contributed by atoms with Crippen molar-refractivity contribution in [2.24, 2.45) is 5.73 Å². The number of aryl methyl sites for hydroxylation is 1. The molecule has 0 saturated heterocycles. The van der Waals surface area contributed by atoms with Gasteiger partial charge in [-0.05, 0) is 38.5 Å². The summed E-state index contributed by atoms with van der Waals surface area (Å²) in [6.07, 6.45) is 0. The summed E-state index contributed by atoms with van der Waals surface area (Å²) in [6, 6.07) is 4.66. The third kappa shape index (κ3) is 4.93. The van der Waals surface area contributed by atoms with E-state index >= 15 is 0 Å². The number of carbonyl (C=O) groups excluding carboxylic acids is 2. The molecule has 0 heterocycles. The first kappa shape index (κ1) is 16.7. The molecule has 1 aromatic carbocycles. The van der Waals surface area contributed by atoms with Gasteiger partial charge < -0.3 is 16.4 Å². The Labute approximate surface area is 125 Å². The molecule has 0 aliphatic rings. The van der Waals surface area contributed by atoms with E-state index in [1.165, 1.54) is 0 Å². The standard InChI is InChI=1S/C16H21N3O2/c1-4-18-15(20)12(3)19-16(21)14-8-7-11(2)13(10-14)6-5-9-17/h7-8,10,12H,4,9,17H2,1-3H3,(H,18,20)(H,19,21). The highest BCUT2D eigenvalue weighted by molar-refractivity contribution is 5.97. The largest absolute Gasteiger partial charge is 0.355 e. The van der Waals surface area contributed by atoms with Crippen LogP contribution in [0, 0.1) is 18.8 Å². The number of hydrogen-bond acceptors (Lipinski definition) is 3. The molecule has 2 amide bonds. The Balaban J connectivity index is 2.86. The molecule has 0 saturated carbocycles. The van der Waals surface area contributed by atoms with Crippen LogP contribution >= 0.6 is 0 Å². The monoisotopic (exact) mass is 287 g/mol. The van der Waals surface area contributed by atoms with Crippen molar-refractivity contribution in [3.05, 3.63) is 34.9 Å². The number of likely N-dealkylation sites (N-methyl/N-ethyl adjacent to an activating group) is 1. The van der Waals surface area contributed by atoms with E-state index in [0.29, 0.717) is 12.1 Å². The lowest BCUT2D eigenvalue weighted by Crippen LogP contribution is -2.44. The molecular weight excluding hydrogens is 266 g/mol. The molecule has 4 N–H and O–H groups in total. The van der Waals surface area contributed by atoms with Gasteiger partial charge in [0, 0.05) is 17.7 Å². The summed E-state index contributed by atoms with van der Waals surface area (Å²) in [5.74, 6) is 5.19. The van der Waals surface area contributed by atoms with Crippen LogP contribution < -0.4 is 16.4 Å². The number of nitrogens with two attached hydrogens (primary N) is 1. The highest BCUT2D eigenvalue weighted by Gasteiger charge is 2.16. The lowest BCUT2D eigenvalue weighted by molar-refractivity contribution is -0.122. The van der Waals surface area contributed by atoms with Crippen molar-refractivity contribution in [2.75, 3.05) is 13.1 Å². The Morgan fingerprint density at radius 1 is 1.38 bits per heavy atom. The van der Waals surface area contributed by atoms with Gasteiger partial charge in [0.15, 0.2) is 0 Å². The van der Waals surface area contributed by atoms with Crippen LogP contribution in [0.4, 0.5) is 0 Å². The Kier molecular flexibility index (Phi) is 6.44. The lowest BCUT2D eigenvalue weighted by atomic mass is 10.0. The fraction of sp³-hybridized carbons (Fsp3) is 0.375. The van der Waals surface area contributed by atoms with E-state index in [-0.39, 0.29) is 18.4 Å². The minimum atomic E-state index is -0.586. The van der Waals surface area contributed by atoms with E-state index in [4.69, 9.17) is 5.73 Å². The summed E-state index contributed by atoms with van der Waals surface area (Å²) in [7, 11) is 0. The van der Waals surface area contributed by atoms with Crippen molar-refractivity contribution in [1.82, 2.24) is 10.6 Å². The van der Waals surface area contributed by atoms with Gasteiger partial charge >= 0.3 is 0 Å². The van der Waals surface area contributed by atoms with Gasteiger partial charge in [0.2, 0.25) is 5.91 Å². The van der Waals surface area contributed by atoms with Crippen molar-refractivity contribution >= 4 is 11.8 Å². The quantitative estimate of drug-likeness (QED) is 0.707. The van der Waals surface area contributed by atoms with Gasteiger partial charge in [-0.2, -0.15) is 0 Å². The van der Waals surface area contributed by atoms with Crippen LogP contribution in [-0.2, 0) is 4.79 Å². The molecule has 0 fully saturated rings. The third-order valence-electron chi connectivity index (χ3n) is 2.92. The summed E-state index contributed by atoms with van der Waals surface area (Å²) in [6.45, 7) is 6.19. The van der Waals surface area contributed by atoms with E-state index < -0.39 is 6.04 Å². The number of benzene rings is 1. The van der Waals surface area contributed by atoms with Crippen LogP contribution in [0.2, 0.25) is 0 Å². The average Bonchev–Trinajstić information content (AvgIpc) is 2.46. The summed E-state index contributed by atoms with van der Waals surface area (Å²) < 4.78 is 0. The first-order valence-electron chi connectivity index (χ1n) is 6.87. The molecule has 0 bridgehead atoms. The van der Waals surface area contributed by atoms with Crippen molar-refractivity contribution in [1.29, 1.82) is 0 Å². The van der Waals surface area contributed by atoms with Gasteiger partial charge in [0.1, 0.15) is 6.04 Å². The average molecular weight is 287 g/mol. The van der Waals surface area contributed by atoms with Gasteiger partial charge in [0.05, 0.1) is 6.54 Å². The van der Waals surface area contributed by atoms with E-state index in [9.17, 15) is 9.59 Å². The predicted molar refractivity (Wildman–Crippen MR) is 82.7 cm³/mol. The summed E-state index contributed by atoms with van der Waals surface area (Å²) in [5.41, 5.74) is 7.56. The number of carbonyl (C=O) groups is 2. The first-order chi connectivity index (χ1) is 9.99. The number of hydrogen-bond donors (Lipinski definition) is 3. The third-order valence-corrected chi connectivity index (χ3v) is 2.92. The van der Waals surface area contributed by atoms with Crippen LogP contribution in [0.15, 0.2) is 18.2 Å². The highest BCUT2D eigenvalue weighted by Crippen LogP contribution is 2.10. The minimum Gasteiger partial charge on any atom is -0.355 e. The van der Waals surface area contributed by atoms with Crippen molar-refractivity contribution in [3.8, 4) is 11.8 Å². The summed E-state index contributed by atoms with van der Waals surface area (Å²) >= 11 is 0. The van der Waals surface area contributed by atoms with Crippen molar-refractivity contribution < 1.29 is 9.59 Å². The molecule has 0 aromatic heterocycles. The molecule has 5 heteroatoms. The summed E-state index contributed by atoms with van der Waals surface area (Å²) in [4.78, 5) is 23.7. The molecule has 5 nitrogen and oxygen atoms in total. The molecule has 1 rings (SSSR count). The van der Waals surface area contributed by atoms with Crippen LogP contribution in [0.25, 0.3) is 0 Å². The van der Waals surface area contributed by atoms with Gasteiger partial charge in [0.25, 0.3) is 5.91 Å². The van der Waals surface area contributed by atoms with Crippen molar-refractivity contribution in [2.45, 2.75) is 26.8 Å². The fourth-order valence-electron chi connectivity index (χ4n) is 1.72. The van der Waals surface area contributed by atoms with Crippen LogP contribution in [0.5, 0.6) is 0 Å². The molecular formula is C16H21N3O2. The molecule has 0 aliphatic carbocycles. The van der Waals surface area contributed by atoms with Crippen LogP contribution in [0.1, 0.15) is 35.3 Å². The highest BCUT2D eigenvalue weighted by atomic mass is 16.2. The molecule has 0 radical (unpaired) electrons. The maximum Gasteiger partial charge on any atom is 0.251 e. The number of nitrogens with one attached hydrogen (secondary N) is 2. The second-order valence-electron chi connectivity index (χ2n) is 4.63. The van der Waals surface area contributed by atoms with Crippen LogP contribution in [0.3, 0.4) is 0 Å². The van der Waals surface area contributed by atoms with Crippen molar-refractivity contribution in [3.63, 3.8) is 0 Å². The lowest BCUT2D eigenvalue weighted by Gasteiger charge is -2.13. The number of rotatable bonds is 4. The molecule has 0 spiro atoms. The zero-order chi connectivity index (χ0) is 15.8. The molecule has 1 atom stereocenters. The second-order valence-corrected chi connectivity index (χ2v) is 4.63. The maximum absolute atomic E-state index is 12.1. The molecule has 1 aromatic rings. The minimum absolute atomic E-state index is 0.207. The molecule has 0 aliphatic heterocycles. The second kappa shape index (κ2) is 8.08. The van der Waals surface area contributed by atoms with Crippen LogP contribution in [-0.4, -0.2) is 30.9 Å². The smallest absolute Gasteiger partial charge is 0.251 e. The zero-order valence-electron chi connectivity index (χ0n) is 12.6. The van der Waals surface area contributed by atoms with Gasteiger partial charge in [-0.25, -0.2) is 0 Å². The van der Waals surface area contributed by atoms with Gasteiger partial charge in [-0.15, -0.1) is 0 Å². The maximum atomic E-state index is 12.1. The Hall–Kier alpha value is -2.32. The predicted octanol–water partition coefficient (Wildman–Crippen LogP) is 0.560. The first-order valence-corrected chi connectivity index (χ1v) is 6.87. The molecule has 112 valence electrons. The Morgan fingerprint density at radius 2 is 2.10 bits per heavy atom. The summed E-state index contributed by atoms with van der Waals surface area (Å²) in [5, 5.41) is 5.32.